The number of hydrogen-bond donors (Lipinski definition) is 1. The van der Waals surface area contributed by atoms with E-state index in [0.717, 1.165) is 31.4 Å². The van der Waals surface area contributed by atoms with Crippen LogP contribution in [0.2, 0.25) is 0 Å². The standard InChI is InChI=1S/C16H21F3O/c1-9-5-4-6-16(2,3)13(9)15(20)10-7-11(17)14(19)12(18)8-10/h7-9,13,15,20H,4-6H2,1-3H3/t9-,13-,15+/m0/s1. The molecule has 0 bridgehead atoms. The van der Waals surface area contributed by atoms with E-state index in [4.69, 9.17) is 0 Å². The highest BCUT2D eigenvalue weighted by Crippen LogP contribution is 2.49. The van der Waals surface area contributed by atoms with Crippen molar-refractivity contribution in [2.75, 3.05) is 0 Å². The molecule has 1 aliphatic rings. The number of rotatable bonds is 2. The van der Waals surface area contributed by atoms with Gasteiger partial charge in [-0.3, -0.25) is 0 Å². The van der Waals surface area contributed by atoms with Gasteiger partial charge in [0.2, 0.25) is 0 Å². The fraction of sp³-hybridized carbons (Fsp3) is 0.625. The minimum atomic E-state index is -1.49. The van der Waals surface area contributed by atoms with Crippen LogP contribution in [-0.4, -0.2) is 5.11 Å². The van der Waals surface area contributed by atoms with E-state index >= 15 is 0 Å². The van der Waals surface area contributed by atoms with E-state index in [1.54, 1.807) is 0 Å². The van der Waals surface area contributed by atoms with Gasteiger partial charge in [0.15, 0.2) is 17.5 Å². The fourth-order valence-corrected chi connectivity index (χ4v) is 3.69. The lowest BCUT2D eigenvalue weighted by Gasteiger charge is -2.45. The average molecular weight is 286 g/mol. The normalized spacial score (nSPS) is 27.4. The SMILES string of the molecule is C[C@H]1CCCC(C)(C)[C@@H]1[C@H](O)c1cc(F)c(F)c(F)c1. The summed E-state index contributed by atoms with van der Waals surface area (Å²) < 4.78 is 39.7. The maximum Gasteiger partial charge on any atom is 0.194 e. The molecule has 1 aliphatic carbocycles. The minimum Gasteiger partial charge on any atom is -0.388 e. The molecule has 0 heterocycles. The molecule has 1 saturated carbocycles. The van der Waals surface area contributed by atoms with Gasteiger partial charge in [-0.25, -0.2) is 13.2 Å². The molecule has 1 nitrogen and oxygen atoms in total. The highest BCUT2D eigenvalue weighted by molar-refractivity contribution is 5.23. The van der Waals surface area contributed by atoms with E-state index < -0.39 is 23.6 Å². The van der Waals surface area contributed by atoms with Crippen LogP contribution in [0.25, 0.3) is 0 Å². The molecule has 0 spiro atoms. The molecular weight excluding hydrogens is 265 g/mol. The number of hydrogen-bond acceptors (Lipinski definition) is 1. The second-order valence-corrected chi connectivity index (χ2v) is 6.63. The number of benzene rings is 1. The van der Waals surface area contributed by atoms with Crippen molar-refractivity contribution in [3.8, 4) is 0 Å². The summed E-state index contributed by atoms with van der Waals surface area (Å²) in [5, 5.41) is 10.5. The zero-order valence-corrected chi connectivity index (χ0v) is 12.1. The third-order valence-corrected chi connectivity index (χ3v) is 4.68. The highest BCUT2D eigenvalue weighted by atomic mass is 19.2. The first-order valence-corrected chi connectivity index (χ1v) is 7.06. The van der Waals surface area contributed by atoms with Gasteiger partial charge < -0.3 is 5.11 Å². The Morgan fingerprint density at radius 2 is 1.75 bits per heavy atom. The van der Waals surface area contributed by atoms with Crippen LogP contribution in [-0.2, 0) is 0 Å². The molecule has 2 rings (SSSR count). The molecule has 3 atom stereocenters. The molecule has 0 unspecified atom stereocenters. The van der Waals surface area contributed by atoms with E-state index in [-0.39, 0.29) is 22.8 Å². The maximum absolute atomic E-state index is 13.3. The Morgan fingerprint density at radius 3 is 2.25 bits per heavy atom. The molecule has 20 heavy (non-hydrogen) atoms. The van der Waals surface area contributed by atoms with Crippen molar-refractivity contribution in [1.82, 2.24) is 0 Å². The monoisotopic (exact) mass is 286 g/mol. The van der Waals surface area contributed by atoms with Gasteiger partial charge in [-0.15, -0.1) is 0 Å². The molecule has 1 aromatic rings. The average Bonchev–Trinajstić information content (AvgIpc) is 2.33. The smallest absolute Gasteiger partial charge is 0.194 e. The first-order chi connectivity index (χ1) is 9.24. The molecule has 4 heteroatoms. The zero-order valence-electron chi connectivity index (χ0n) is 12.1. The minimum absolute atomic E-state index is 0.0967. The molecule has 0 aromatic heterocycles. The molecule has 0 amide bonds. The third-order valence-electron chi connectivity index (χ3n) is 4.68. The predicted molar refractivity (Wildman–Crippen MR) is 71.6 cm³/mol. The van der Waals surface area contributed by atoms with Crippen molar-refractivity contribution < 1.29 is 18.3 Å². The zero-order chi connectivity index (χ0) is 15.1. The van der Waals surface area contributed by atoms with Crippen LogP contribution in [0.4, 0.5) is 13.2 Å². The molecule has 1 fully saturated rings. The van der Waals surface area contributed by atoms with Crippen molar-refractivity contribution >= 4 is 0 Å². The summed E-state index contributed by atoms with van der Waals surface area (Å²) in [6.45, 7) is 6.17. The summed E-state index contributed by atoms with van der Waals surface area (Å²) in [7, 11) is 0. The second kappa shape index (κ2) is 5.40. The lowest BCUT2D eigenvalue weighted by atomic mass is 9.61. The molecule has 0 aliphatic heterocycles. The van der Waals surface area contributed by atoms with E-state index in [2.05, 4.69) is 13.8 Å². The summed E-state index contributed by atoms with van der Waals surface area (Å²) in [4.78, 5) is 0. The van der Waals surface area contributed by atoms with Crippen molar-refractivity contribution in [1.29, 1.82) is 0 Å². The van der Waals surface area contributed by atoms with Crippen LogP contribution in [0, 0.1) is 34.7 Å². The Morgan fingerprint density at radius 1 is 1.20 bits per heavy atom. The van der Waals surface area contributed by atoms with Crippen molar-refractivity contribution in [3.05, 3.63) is 35.1 Å². The largest absolute Gasteiger partial charge is 0.388 e. The summed E-state index contributed by atoms with van der Waals surface area (Å²) in [6.07, 6.45) is 2.05. The first-order valence-electron chi connectivity index (χ1n) is 7.06. The van der Waals surface area contributed by atoms with Crippen LogP contribution in [0.5, 0.6) is 0 Å². The Balaban J connectivity index is 2.37. The molecule has 0 saturated heterocycles. The quantitative estimate of drug-likeness (QED) is 0.788. The van der Waals surface area contributed by atoms with Crippen molar-refractivity contribution in [2.45, 2.75) is 46.1 Å². The van der Waals surface area contributed by atoms with Crippen molar-refractivity contribution in [3.63, 3.8) is 0 Å². The van der Waals surface area contributed by atoms with Crippen LogP contribution >= 0.6 is 0 Å². The fourth-order valence-electron chi connectivity index (χ4n) is 3.69. The van der Waals surface area contributed by atoms with E-state index in [1.165, 1.54) is 0 Å². The van der Waals surface area contributed by atoms with E-state index in [9.17, 15) is 18.3 Å². The molecule has 112 valence electrons. The second-order valence-electron chi connectivity index (χ2n) is 6.63. The Hall–Kier alpha value is -1.03. The van der Waals surface area contributed by atoms with E-state index in [0.29, 0.717) is 0 Å². The number of halogens is 3. The van der Waals surface area contributed by atoms with Gasteiger partial charge in [0.1, 0.15) is 0 Å². The summed E-state index contributed by atoms with van der Waals surface area (Å²) in [5.41, 5.74) is 0.00605. The van der Waals surface area contributed by atoms with Crippen LogP contribution in [0.1, 0.15) is 51.7 Å². The third kappa shape index (κ3) is 2.71. The van der Waals surface area contributed by atoms with Gasteiger partial charge >= 0.3 is 0 Å². The Labute approximate surface area is 117 Å². The molecule has 1 N–H and O–H groups in total. The van der Waals surface area contributed by atoms with Gasteiger partial charge in [-0.1, -0.05) is 33.6 Å². The van der Waals surface area contributed by atoms with E-state index in [1.807, 2.05) is 6.92 Å². The summed E-state index contributed by atoms with van der Waals surface area (Å²) in [5.74, 6) is -3.83. The van der Waals surface area contributed by atoms with Gasteiger partial charge in [0, 0.05) is 0 Å². The number of aliphatic hydroxyl groups is 1. The van der Waals surface area contributed by atoms with Gasteiger partial charge in [0.25, 0.3) is 0 Å². The summed E-state index contributed by atoms with van der Waals surface area (Å²) >= 11 is 0. The highest BCUT2D eigenvalue weighted by Gasteiger charge is 2.41. The van der Waals surface area contributed by atoms with Gasteiger partial charge in [0.05, 0.1) is 6.10 Å². The van der Waals surface area contributed by atoms with Crippen LogP contribution in [0.3, 0.4) is 0 Å². The first kappa shape index (κ1) is 15.4. The number of aliphatic hydroxyl groups excluding tert-OH is 1. The maximum atomic E-state index is 13.3. The summed E-state index contributed by atoms with van der Waals surface area (Å²) in [6, 6.07) is 1.81. The van der Waals surface area contributed by atoms with Crippen molar-refractivity contribution in [2.24, 2.45) is 17.3 Å². The topological polar surface area (TPSA) is 20.2 Å². The Bertz CT molecular complexity index is 475. The van der Waals surface area contributed by atoms with Gasteiger partial charge in [-0.05, 0) is 41.4 Å². The van der Waals surface area contributed by atoms with Crippen LogP contribution < -0.4 is 0 Å². The van der Waals surface area contributed by atoms with Crippen LogP contribution in [0.15, 0.2) is 12.1 Å². The lowest BCUT2D eigenvalue weighted by molar-refractivity contribution is -0.0296. The van der Waals surface area contributed by atoms with Gasteiger partial charge in [-0.2, -0.15) is 0 Å². The lowest BCUT2D eigenvalue weighted by Crippen LogP contribution is -2.38. The predicted octanol–water partition coefficient (Wildman–Crippen LogP) is 4.60. The molecule has 1 aromatic carbocycles. The molecule has 0 radical (unpaired) electrons. The Kier molecular flexibility index (Phi) is 4.14. The molecular formula is C16H21F3O.